The quantitative estimate of drug-likeness (QED) is 0.792. The number of hydrogen-bond acceptors (Lipinski definition) is 4. The number of benzene rings is 1. The normalized spacial score (nSPS) is 18.4. The minimum Gasteiger partial charge on any atom is -0.383 e. The topological polar surface area (TPSA) is 27.7 Å². The Labute approximate surface area is 129 Å². The monoisotopic (exact) mass is 291 g/mol. The van der Waals surface area contributed by atoms with Gasteiger partial charge in [0.05, 0.1) is 6.61 Å². The van der Waals surface area contributed by atoms with Gasteiger partial charge in [0, 0.05) is 52.6 Å². The summed E-state index contributed by atoms with van der Waals surface area (Å²) in [5.74, 6) is 0. The Balaban J connectivity index is 1.92. The molecule has 0 aromatic heterocycles. The van der Waals surface area contributed by atoms with Crippen LogP contribution in [0.25, 0.3) is 0 Å². The van der Waals surface area contributed by atoms with Crippen molar-refractivity contribution in [3.05, 3.63) is 29.8 Å². The molecule has 1 N–H and O–H groups in total. The number of methoxy groups -OCH3 is 1. The molecule has 1 atom stereocenters. The molecule has 1 aromatic carbocycles. The van der Waals surface area contributed by atoms with E-state index >= 15 is 0 Å². The Bertz CT molecular complexity index is 399. The Kier molecular flexibility index (Phi) is 6.49. The van der Waals surface area contributed by atoms with Gasteiger partial charge in [-0.1, -0.05) is 12.1 Å². The summed E-state index contributed by atoms with van der Waals surface area (Å²) in [5.41, 5.74) is 2.62. The first-order valence-electron chi connectivity index (χ1n) is 7.90. The molecule has 1 aliphatic heterocycles. The van der Waals surface area contributed by atoms with Crippen LogP contribution in [-0.2, 0) is 11.3 Å². The molecule has 1 fully saturated rings. The van der Waals surface area contributed by atoms with Crippen LogP contribution in [0.15, 0.2) is 24.3 Å². The van der Waals surface area contributed by atoms with Crippen molar-refractivity contribution in [3.63, 3.8) is 0 Å². The molecule has 0 bridgehead atoms. The fourth-order valence-corrected chi connectivity index (χ4v) is 2.84. The van der Waals surface area contributed by atoms with Crippen LogP contribution in [0.1, 0.15) is 18.4 Å². The molecule has 21 heavy (non-hydrogen) atoms. The molecule has 1 saturated heterocycles. The van der Waals surface area contributed by atoms with Gasteiger partial charge in [-0.3, -0.25) is 4.90 Å². The molecule has 1 heterocycles. The zero-order chi connectivity index (χ0) is 15.1. The Morgan fingerprint density at radius 3 is 2.57 bits per heavy atom. The van der Waals surface area contributed by atoms with E-state index in [1.807, 2.05) is 0 Å². The molecule has 1 unspecified atom stereocenters. The Hall–Kier alpha value is -1.10. The zero-order valence-electron chi connectivity index (χ0n) is 13.6. The summed E-state index contributed by atoms with van der Waals surface area (Å²) in [6.45, 7) is 5.06. The summed E-state index contributed by atoms with van der Waals surface area (Å²) < 4.78 is 5.26. The highest BCUT2D eigenvalue weighted by Gasteiger charge is 2.17. The maximum atomic E-state index is 5.26. The van der Waals surface area contributed by atoms with Crippen LogP contribution in [0.2, 0.25) is 0 Å². The largest absolute Gasteiger partial charge is 0.383 e. The molecule has 0 radical (unpaired) electrons. The van der Waals surface area contributed by atoms with Gasteiger partial charge in [0.15, 0.2) is 0 Å². The van der Waals surface area contributed by atoms with Crippen molar-refractivity contribution in [1.82, 2.24) is 10.2 Å². The van der Waals surface area contributed by atoms with Crippen LogP contribution in [0.3, 0.4) is 0 Å². The summed E-state index contributed by atoms with van der Waals surface area (Å²) >= 11 is 0. The van der Waals surface area contributed by atoms with Crippen LogP contribution in [0, 0.1) is 0 Å². The standard InChI is InChI=1S/C17H29N3O/c1-19(2)17-8-6-15(7-9-17)13-20(11-12-21-3)14-16-5-4-10-18-16/h6-9,16,18H,4-5,10-14H2,1-3H3. The van der Waals surface area contributed by atoms with E-state index in [9.17, 15) is 0 Å². The van der Waals surface area contributed by atoms with Crippen molar-refractivity contribution in [1.29, 1.82) is 0 Å². The number of anilines is 1. The van der Waals surface area contributed by atoms with Crippen LogP contribution < -0.4 is 10.2 Å². The first-order valence-corrected chi connectivity index (χ1v) is 7.90. The zero-order valence-corrected chi connectivity index (χ0v) is 13.6. The van der Waals surface area contributed by atoms with E-state index < -0.39 is 0 Å². The Morgan fingerprint density at radius 1 is 1.24 bits per heavy atom. The van der Waals surface area contributed by atoms with E-state index in [-0.39, 0.29) is 0 Å². The average Bonchev–Trinajstić information content (AvgIpc) is 2.98. The van der Waals surface area contributed by atoms with Crippen LogP contribution in [-0.4, -0.2) is 58.4 Å². The van der Waals surface area contributed by atoms with Crippen molar-refractivity contribution < 1.29 is 4.74 Å². The molecular formula is C17H29N3O. The van der Waals surface area contributed by atoms with Gasteiger partial charge in [-0.2, -0.15) is 0 Å². The summed E-state index contributed by atoms with van der Waals surface area (Å²) in [6, 6.07) is 9.49. The molecule has 4 nitrogen and oxygen atoms in total. The summed E-state index contributed by atoms with van der Waals surface area (Å²) in [5, 5.41) is 3.58. The van der Waals surface area contributed by atoms with Gasteiger partial charge in [0.2, 0.25) is 0 Å². The Morgan fingerprint density at radius 2 is 2.00 bits per heavy atom. The van der Waals surface area contributed by atoms with E-state index in [1.165, 1.54) is 30.6 Å². The highest BCUT2D eigenvalue weighted by molar-refractivity contribution is 5.45. The van der Waals surface area contributed by atoms with E-state index in [4.69, 9.17) is 4.74 Å². The number of hydrogen-bond donors (Lipinski definition) is 1. The lowest BCUT2D eigenvalue weighted by Gasteiger charge is -2.25. The molecule has 4 heteroatoms. The van der Waals surface area contributed by atoms with Gasteiger partial charge in [0.1, 0.15) is 0 Å². The molecular weight excluding hydrogens is 262 g/mol. The molecule has 1 aliphatic rings. The molecule has 1 aromatic rings. The second kappa shape index (κ2) is 8.37. The van der Waals surface area contributed by atoms with Gasteiger partial charge in [-0.05, 0) is 37.1 Å². The van der Waals surface area contributed by atoms with Gasteiger partial charge < -0.3 is 15.0 Å². The summed E-state index contributed by atoms with van der Waals surface area (Å²) in [4.78, 5) is 4.63. The van der Waals surface area contributed by atoms with Crippen LogP contribution in [0.5, 0.6) is 0 Å². The minimum atomic E-state index is 0.642. The van der Waals surface area contributed by atoms with Crippen molar-refractivity contribution in [3.8, 4) is 0 Å². The maximum absolute atomic E-state index is 5.26. The second-order valence-corrected chi connectivity index (χ2v) is 6.08. The number of nitrogens with one attached hydrogen (secondary N) is 1. The van der Waals surface area contributed by atoms with Gasteiger partial charge in [0.25, 0.3) is 0 Å². The van der Waals surface area contributed by atoms with E-state index in [2.05, 4.69) is 53.5 Å². The third-order valence-electron chi connectivity index (χ3n) is 4.11. The molecule has 0 saturated carbocycles. The van der Waals surface area contributed by atoms with Crippen molar-refractivity contribution in [2.75, 3.05) is 52.3 Å². The molecule has 0 spiro atoms. The average molecular weight is 291 g/mol. The van der Waals surface area contributed by atoms with Gasteiger partial charge in [-0.15, -0.1) is 0 Å². The van der Waals surface area contributed by atoms with E-state index in [0.29, 0.717) is 6.04 Å². The third-order valence-corrected chi connectivity index (χ3v) is 4.11. The lowest BCUT2D eigenvalue weighted by atomic mass is 10.1. The number of ether oxygens (including phenoxy) is 1. The molecule has 0 amide bonds. The van der Waals surface area contributed by atoms with E-state index in [1.54, 1.807) is 7.11 Å². The first-order chi connectivity index (χ1) is 10.2. The van der Waals surface area contributed by atoms with Gasteiger partial charge >= 0.3 is 0 Å². The van der Waals surface area contributed by atoms with Crippen molar-refractivity contribution in [2.45, 2.75) is 25.4 Å². The van der Waals surface area contributed by atoms with Crippen LogP contribution in [0.4, 0.5) is 5.69 Å². The number of rotatable bonds is 8. The van der Waals surface area contributed by atoms with Crippen LogP contribution >= 0.6 is 0 Å². The SMILES string of the molecule is COCCN(Cc1ccc(N(C)C)cc1)CC1CCCN1. The lowest BCUT2D eigenvalue weighted by Crippen LogP contribution is -2.38. The lowest BCUT2D eigenvalue weighted by molar-refractivity contribution is 0.138. The third kappa shape index (κ3) is 5.30. The highest BCUT2D eigenvalue weighted by Crippen LogP contribution is 2.15. The second-order valence-electron chi connectivity index (χ2n) is 6.08. The van der Waals surface area contributed by atoms with Crippen molar-refractivity contribution >= 4 is 5.69 Å². The predicted molar refractivity (Wildman–Crippen MR) is 88.9 cm³/mol. The smallest absolute Gasteiger partial charge is 0.0589 e. The maximum Gasteiger partial charge on any atom is 0.0589 e. The fourth-order valence-electron chi connectivity index (χ4n) is 2.84. The fraction of sp³-hybridized carbons (Fsp3) is 0.647. The van der Waals surface area contributed by atoms with E-state index in [0.717, 1.165) is 26.2 Å². The van der Waals surface area contributed by atoms with Crippen molar-refractivity contribution in [2.24, 2.45) is 0 Å². The summed E-state index contributed by atoms with van der Waals surface area (Å²) in [6.07, 6.45) is 2.60. The molecule has 0 aliphatic carbocycles. The molecule has 118 valence electrons. The van der Waals surface area contributed by atoms with Gasteiger partial charge in [-0.25, -0.2) is 0 Å². The number of nitrogens with zero attached hydrogens (tertiary/aromatic N) is 2. The highest BCUT2D eigenvalue weighted by atomic mass is 16.5. The summed E-state index contributed by atoms with van der Waals surface area (Å²) in [7, 11) is 5.93. The first kappa shape index (κ1) is 16.3. The predicted octanol–water partition coefficient (Wildman–Crippen LogP) is 1.95. The minimum absolute atomic E-state index is 0.642. The molecule has 2 rings (SSSR count).